The molecule has 2 atom stereocenters. The predicted octanol–water partition coefficient (Wildman–Crippen LogP) is 5.77. The van der Waals surface area contributed by atoms with Crippen molar-refractivity contribution in [2.45, 2.75) is 53.2 Å². The molecule has 0 spiro atoms. The molecule has 6 nitrogen and oxygen atoms in total. The molecule has 1 aliphatic rings. The number of aromatic nitrogens is 1. The summed E-state index contributed by atoms with van der Waals surface area (Å²) in [6.45, 7) is 4.09. The molecule has 184 valence electrons. The Kier molecular flexibility index (Phi) is 8.21. The van der Waals surface area contributed by atoms with E-state index in [1.54, 1.807) is 0 Å². The van der Waals surface area contributed by atoms with Gasteiger partial charge in [-0.2, -0.15) is 18.4 Å². The molecule has 3 rings (SSSR count). The quantitative estimate of drug-likeness (QED) is 0.475. The molecule has 2 aromatic rings. The lowest BCUT2D eigenvalue weighted by atomic mass is 9.70. The lowest BCUT2D eigenvalue weighted by molar-refractivity contribution is -0.155. The molecular weight excluding hydrogens is 467 g/mol. The van der Waals surface area contributed by atoms with Crippen LogP contribution in [0.15, 0.2) is 18.2 Å². The molecule has 1 aromatic carbocycles. The van der Waals surface area contributed by atoms with Crippen LogP contribution in [0, 0.1) is 34.5 Å². The number of carboxylic acid groups (broad SMARTS) is 1. The first kappa shape index (κ1) is 26.0. The first-order valence-electron chi connectivity index (χ1n) is 11.2. The van der Waals surface area contributed by atoms with E-state index in [4.69, 9.17) is 0 Å². The summed E-state index contributed by atoms with van der Waals surface area (Å²) in [7, 11) is 0. The largest absolute Gasteiger partial charge is 0.481 e. The van der Waals surface area contributed by atoms with Crippen LogP contribution in [0.5, 0.6) is 5.75 Å². The zero-order chi connectivity index (χ0) is 25.0. The first-order valence-corrected chi connectivity index (χ1v) is 12.0. The highest BCUT2D eigenvalue weighted by Gasteiger charge is 2.45. The third-order valence-corrected chi connectivity index (χ3v) is 7.42. The number of carboxylic acids is 1. The number of alkyl halides is 2. The standard InChI is InChI=1S/C24H28F3N3O3S/c1-4-7-24(22(31)32)9-16(14(2)3)11-30(13-24)12-19-20(25)29-21(34-19)17-8-15(10-28)5-6-18(17)33-23(26)27/h5-6,8,14,16,23H,4,7,9,11-13H2,1-3H3,(H,31,32)/t16?,24-/m1/s1. The van der Waals surface area contributed by atoms with Crippen LogP contribution in [-0.2, 0) is 11.3 Å². The lowest BCUT2D eigenvalue weighted by Crippen LogP contribution is -2.51. The van der Waals surface area contributed by atoms with Crippen molar-refractivity contribution in [2.24, 2.45) is 17.3 Å². The average molecular weight is 496 g/mol. The number of nitrogens with zero attached hydrogens (tertiary/aromatic N) is 3. The topological polar surface area (TPSA) is 86.5 Å². The van der Waals surface area contributed by atoms with Gasteiger partial charge in [-0.3, -0.25) is 9.69 Å². The molecule has 1 saturated heterocycles. The van der Waals surface area contributed by atoms with E-state index in [-0.39, 0.29) is 45.1 Å². The molecule has 0 aliphatic carbocycles. The summed E-state index contributed by atoms with van der Waals surface area (Å²) in [5.41, 5.74) is -0.583. The minimum atomic E-state index is -3.08. The van der Waals surface area contributed by atoms with E-state index >= 15 is 0 Å². The molecule has 34 heavy (non-hydrogen) atoms. The van der Waals surface area contributed by atoms with Gasteiger partial charge in [-0.1, -0.05) is 27.2 Å². The molecule has 2 heterocycles. The number of thiazole rings is 1. The maximum absolute atomic E-state index is 14.9. The SMILES string of the molecule is CCC[C@@]1(C(=O)O)CC(C(C)C)CN(Cc2sc(-c3cc(C#N)ccc3OC(F)F)nc2F)C1. The molecule has 1 unspecified atom stereocenters. The van der Waals surface area contributed by atoms with Crippen LogP contribution in [0.2, 0.25) is 0 Å². The van der Waals surface area contributed by atoms with Crippen LogP contribution in [0.3, 0.4) is 0 Å². The van der Waals surface area contributed by atoms with Crippen molar-refractivity contribution in [1.29, 1.82) is 5.26 Å². The molecule has 0 bridgehead atoms. The van der Waals surface area contributed by atoms with Gasteiger partial charge in [0.1, 0.15) is 10.8 Å². The maximum Gasteiger partial charge on any atom is 0.387 e. The summed E-state index contributed by atoms with van der Waals surface area (Å²) in [4.78, 5) is 18.4. The maximum atomic E-state index is 14.9. The van der Waals surface area contributed by atoms with Gasteiger partial charge in [0.25, 0.3) is 0 Å². The van der Waals surface area contributed by atoms with E-state index in [0.29, 0.717) is 25.9 Å². The minimum absolute atomic E-state index is 0.110. The average Bonchev–Trinajstić information content (AvgIpc) is 3.13. The predicted molar refractivity (Wildman–Crippen MR) is 122 cm³/mol. The third-order valence-electron chi connectivity index (χ3n) is 6.37. The van der Waals surface area contributed by atoms with Gasteiger partial charge in [-0.05, 0) is 42.9 Å². The van der Waals surface area contributed by atoms with Gasteiger partial charge >= 0.3 is 12.6 Å². The van der Waals surface area contributed by atoms with Crippen molar-refractivity contribution in [1.82, 2.24) is 9.88 Å². The summed E-state index contributed by atoms with van der Waals surface area (Å²) >= 11 is 0.989. The second kappa shape index (κ2) is 10.7. The van der Waals surface area contributed by atoms with Crippen molar-refractivity contribution in [2.75, 3.05) is 13.1 Å². The van der Waals surface area contributed by atoms with Gasteiger partial charge in [-0.15, -0.1) is 11.3 Å². The minimum Gasteiger partial charge on any atom is -0.481 e. The summed E-state index contributed by atoms with van der Waals surface area (Å²) in [6.07, 6.45) is 1.84. The number of rotatable bonds is 9. The number of halogens is 3. The molecule has 0 amide bonds. The van der Waals surface area contributed by atoms with E-state index in [0.717, 1.165) is 17.8 Å². The fraction of sp³-hybridized carbons (Fsp3) is 0.542. The second-order valence-corrected chi connectivity index (χ2v) is 10.2. The number of hydrogen-bond donors (Lipinski definition) is 1. The van der Waals surface area contributed by atoms with Crippen LogP contribution < -0.4 is 4.74 Å². The fourth-order valence-corrected chi connectivity index (χ4v) is 5.66. The Labute approximate surface area is 201 Å². The van der Waals surface area contributed by atoms with Crippen LogP contribution in [-0.4, -0.2) is 40.7 Å². The summed E-state index contributed by atoms with van der Waals surface area (Å²) < 4.78 is 45.2. The van der Waals surface area contributed by atoms with Gasteiger partial charge in [0, 0.05) is 19.6 Å². The molecule has 1 aliphatic heterocycles. The lowest BCUT2D eigenvalue weighted by Gasteiger charge is -2.45. The Morgan fingerprint density at radius 1 is 1.44 bits per heavy atom. The van der Waals surface area contributed by atoms with Crippen molar-refractivity contribution in [3.8, 4) is 22.4 Å². The molecular formula is C24H28F3N3O3S. The van der Waals surface area contributed by atoms with Crippen molar-refractivity contribution >= 4 is 17.3 Å². The highest BCUT2D eigenvalue weighted by atomic mass is 32.1. The number of likely N-dealkylation sites (tertiary alicyclic amines) is 1. The molecule has 1 N–H and O–H groups in total. The number of piperidine rings is 1. The van der Waals surface area contributed by atoms with Gasteiger partial charge in [0.2, 0.25) is 5.95 Å². The third kappa shape index (κ3) is 5.70. The second-order valence-electron chi connectivity index (χ2n) is 9.15. The summed E-state index contributed by atoms with van der Waals surface area (Å²) in [5, 5.41) is 19.4. The van der Waals surface area contributed by atoms with E-state index < -0.39 is 23.9 Å². The molecule has 10 heteroatoms. The Bertz CT molecular complexity index is 1070. The van der Waals surface area contributed by atoms with Gasteiger partial charge < -0.3 is 9.84 Å². The Hall–Kier alpha value is -2.64. The Morgan fingerprint density at radius 2 is 2.18 bits per heavy atom. The summed E-state index contributed by atoms with van der Waals surface area (Å²) in [5.74, 6) is -1.36. The fourth-order valence-electron chi connectivity index (χ4n) is 4.66. The number of hydrogen-bond acceptors (Lipinski definition) is 6. The van der Waals surface area contributed by atoms with Gasteiger partial charge in [-0.25, -0.2) is 4.98 Å². The molecule has 0 saturated carbocycles. The highest BCUT2D eigenvalue weighted by Crippen LogP contribution is 2.42. The number of aliphatic carboxylic acids is 1. The van der Waals surface area contributed by atoms with Crippen molar-refractivity contribution < 1.29 is 27.8 Å². The van der Waals surface area contributed by atoms with E-state index in [1.165, 1.54) is 18.2 Å². The molecule has 0 radical (unpaired) electrons. The monoisotopic (exact) mass is 495 g/mol. The van der Waals surface area contributed by atoms with Crippen molar-refractivity contribution in [3.05, 3.63) is 34.6 Å². The van der Waals surface area contributed by atoms with E-state index in [2.05, 4.69) is 23.6 Å². The number of benzene rings is 1. The number of nitriles is 1. The van der Waals surface area contributed by atoms with Gasteiger partial charge in [0.05, 0.1) is 27.5 Å². The van der Waals surface area contributed by atoms with Crippen LogP contribution in [0.25, 0.3) is 10.6 Å². The smallest absolute Gasteiger partial charge is 0.387 e. The number of carbonyl (C=O) groups is 1. The molecule has 1 aromatic heterocycles. The Balaban J connectivity index is 1.93. The highest BCUT2D eigenvalue weighted by molar-refractivity contribution is 7.15. The zero-order valence-electron chi connectivity index (χ0n) is 19.4. The van der Waals surface area contributed by atoms with Gasteiger partial charge in [0.15, 0.2) is 0 Å². The van der Waals surface area contributed by atoms with E-state index in [9.17, 15) is 28.3 Å². The first-order chi connectivity index (χ1) is 16.1. The number of ether oxygens (including phenoxy) is 1. The van der Waals surface area contributed by atoms with Crippen LogP contribution in [0.1, 0.15) is 50.5 Å². The van der Waals surface area contributed by atoms with E-state index in [1.807, 2.05) is 17.9 Å². The van der Waals surface area contributed by atoms with Crippen LogP contribution in [0.4, 0.5) is 13.2 Å². The van der Waals surface area contributed by atoms with Crippen molar-refractivity contribution in [3.63, 3.8) is 0 Å². The normalized spacial score (nSPS) is 21.1. The Morgan fingerprint density at radius 3 is 2.76 bits per heavy atom. The zero-order valence-corrected chi connectivity index (χ0v) is 20.2. The molecule has 1 fully saturated rings. The van der Waals surface area contributed by atoms with Crippen LogP contribution >= 0.6 is 11.3 Å². The summed E-state index contributed by atoms with van der Waals surface area (Å²) in [6, 6.07) is 5.84.